The SMILES string of the molecule is CCc1ccccc1C(NN)c1ccc(OC)c(F)c1. The molecular formula is C16H19FN2O. The van der Waals surface area contributed by atoms with Crippen molar-refractivity contribution in [1.82, 2.24) is 5.43 Å². The molecule has 0 saturated carbocycles. The van der Waals surface area contributed by atoms with Crippen LogP contribution in [0.4, 0.5) is 4.39 Å². The zero-order valence-electron chi connectivity index (χ0n) is 11.7. The van der Waals surface area contributed by atoms with Crippen molar-refractivity contribution in [3.8, 4) is 5.75 Å². The number of benzene rings is 2. The number of halogens is 1. The number of hydrazine groups is 1. The molecule has 2 aromatic carbocycles. The maximum Gasteiger partial charge on any atom is 0.165 e. The molecule has 4 heteroatoms. The van der Waals surface area contributed by atoms with Crippen LogP contribution in [-0.4, -0.2) is 7.11 Å². The molecular weight excluding hydrogens is 255 g/mol. The number of hydrogen-bond acceptors (Lipinski definition) is 3. The Balaban J connectivity index is 2.44. The molecule has 2 rings (SSSR count). The van der Waals surface area contributed by atoms with Gasteiger partial charge in [-0.25, -0.2) is 9.82 Å². The van der Waals surface area contributed by atoms with Gasteiger partial charge in [-0.3, -0.25) is 5.84 Å². The van der Waals surface area contributed by atoms with Crippen LogP contribution in [0.15, 0.2) is 42.5 Å². The molecule has 106 valence electrons. The highest BCUT2D eigenvalue weighted by molar-refractivity contribution is 5.39. The number of ether oxygens (including phenoxy) is 1. The summed E-state index contributed by atoms with van der Waals surface area (Å²) in [5.41, 5.74) is 5.78. The summed E-state index contributed by atoms with van der Waals surface area (Å²) in [4.78, 5) is 0. The van der Waals surface area contributed by atoms with E-state index in [2.05, 4.69) is 18.4 Å². The van der Waals surface area contributed by atoms with Gasteiger partial charge in [-0.1, -0.05) is 37.3 Å². The number of methoxy groups -OCH3 is 1. The van der Waals surface area contributed by atoms with Crippen molar-refractivity contribution < 1.29 is 9.13 Å². The summed E-state index contributed by atoms with van der Waals surface area (Å²) in [5, 5.41) is 0. The first-order valence-electron chi connectivity index (χ1n) is 6.58. The van der Waals surface area contributed by atoms with Crippen LogP contribution in [-0.2, 0) is 6.42 Å². The molecule has 0 amide bonds. The van der Waals surface area contributed by atoms with E-state index < -0.39 is 0 Å². The number of nitrogens with two attached hydrogens (primary N) is 1. The second-order valence-corrected chi connectivity index (χ2v) is 4.55. The highest BCUT2D eigenvalue weighted by Crippen LogP contribution is 2.28. The molecule has 0 aliphatic heterocycles. The molecule has 0 aliphatic carbocycles. The quantitative estimate of drug-likeness (QED) is 0.651. The second-order valence-electron chi connectivity index (χ2n) is 4.55. The molecule has 1 atom stereocenters. The van der Waals surface area contributed by atoms with E-state index >= 15 is 0 Å². The third-order valence-electron chi connectivity index (χ3n) is 3.42. The zero-order valence-corrected chi connectivity index (χ0v) is 11.7. The van der Waals surface area contributed by atoms with E-state index in [1.807, 2.05) is 24.3 Å². The number of hydrogen-bond donors (Lipinski definition) is 2. The fourth-order valence-corrected chi connectivity index (χ4v) is 2.37. The molecule has 0 radical (unpaired) electrons. The smallest absolute Gasteiger partial charge is 0.165 e. The normalized spacial score (nSPS) is 12.2. The average molecular weight is 274 g/mol. The number of rotatable bonds is 5. The average Bonchev–Trinajstić information content (AvgIpc) is 2.49. The summed E-state index contributed by atoms with van der Waals surface area (Å²) < 4.78 is 18.8. The van der Waals surface area contributed by atoms with E-state index in [9.17, 15) is 4.39 Å². The molecule has 3 N–H and O–H groups in total. The van der Waals surface area contributed by atoms with Crippen molar-refractivity contribution in [2.45, 2.75) is 19.4 Å². The topological polar surface area (TPSA) is 47.3 Å². The largest absolute Gasteiger partial charge is 0.494 e. The maximum atomic E-state index is 13.9. The van der Waals surface area contributed by atoms with Crippen LogP contribution < -0.4 is 16.0 Å². The fourth-order valence-electron chi connectivity index (χ4n) is 2.37. The predicted octanol–water partition coefficient (Wildman–Crippen LogP) is 2.95. The third kappa shape index (κ3) is 2.81. The Kier molecular flexibility index (Phi) is 4.71. The molecule has 0 bridgehead atoms. The first-order chi connectivity index (χ1) is 9.71. The Hall–Kier alpha value is -1.91. The van der Waals surface area contributed by atoms with Gasteiger partial charge in [0, 0.05) is 0 Å². The molecule has 2 aromatic rings. The first-order valence-corrected chi connectivity index (χ1v) is 6.58. The van der Waals surface area contributed by atoms with Crippen molar-refractivity contribution in [3.05, 3.63) is 65.0 Å². The van der Waals surface area contributed by atoms with Crippen molar-refractivity contribution in [2.24, 2.45) is 5.84 Å². The number of aryl methyl sites for hydroxylation is 1. The highest BCUT2D eigenvalue weighted by atomic mass is 19.1. The summed E-state index contributed by atoms with van der Waals surface area (Å²) in [6, 6.07) is 12.7. The molecule has 0 heterocycles. The summed E-state index contributed by atoms with van der Waals surface area (Å²) in [6.07, 6.45) is 0.896. The lowest BCUT2D eigenvalue weighted by atomic mass is 9.93. The summed E-state index contributed by atoms with van der Waals surface area (Å²) in [5.74, 6) is 5.52. The monoisotopic (exact) mass is 274 g/mol. The van der Waals surface area contributed by atoms with Gasteiger partial charge in [0.25, 0.3) is 0 Å². The Bertz CT molecular complexity index is 586. The second kappa shape index (κ2) is 6.50. The van der Waals surface area contributed by atoms with Crippen LogP contribution in [0.25, 0.3) is 0 Å². The third-order valence-corrected chi connectivity index (χ3v) is 3.42. The van der Waals surface area contributed by atoms with Gasteiger partial charge in [-0.2, -0.15) is 0 Å². The Morgan fingerprint density at radius 1 is 1.25 bits per heavy atom. The van der Waals surface area contributed by atoms with Gasteiger partial charge >= 0.3 is 0 Å². The molecule has 3 nitrogen and oxygen atoms in total. The lowest BCUT2D eigenvalue weighted by molar-refractivity contribution is 0.385. The van der Waals surface area contributed by atoms with E-state index in [4.69, 9.17) is 10.6 Å². The molecule has 0 aromatic heterocycles. The van der Waals surface area contributed by atoms with Gasteiger partial charge in [0.05, 0.1) is 13.2 Å². The fraction of sp³-hybridized carbons (Fsp3) is 0.250. The lowest BCUT2D eigenvalue weighted by Gasteiger charge is -2.20. The van der Waals surface area contributed by atoms with E-state index in [-0.39, 0.29) is 17.6 Å². The van der Waals surface area contributed by atoms with Gasteiger partial charge in [-0.15, -0.1) is 0 Å². The minimum atomic E-state index is -0.390. The summed E-state index contributed by atoms with van der Waals surface area (Å²) >= 11 is 0. The number of nitrogens with one attached hydrogen (secondary N) is 1. The van der Waals surface area contributed by atoms with Crippen molar-refractivity contribution in [1.29, 1.82) is 0 Å². The van der Waals surface area contributed by atoms with Crippen LogP contribution >= 0.6 is 0 Å². The zero-order chi connectivity index (χ0) is 14.5. The minimum absolute atomic E-state index is 0.230. The van der Waals surface area contributed by atoms with Gasteiger partial charge in [-0.05, 0) is 35.2 Å². The van der Waals surface area contributed by atoms with Crippen LogP contribution in [0.1, 0.15) is 29.7 Å². The molecule has 1 unspecified atom stereocenters. The Morgan fingerprint density at radius 3 is 2.60 bits per heavy atom. The standard InChI is InChI=1S/C16H19FN2O/c1-3-11-6-4-5-7-13(11)16(19-18)12-8-9-15(20-2)14(17)10-12/h4-10,16,19H,3,18H2,1-2H3. The Labute approximate surface area is 118 Å². The van der Waals surface area contributed by atoms with Crippen molar-refractivity contribution in [2.75, 3.05) is 7.11 Å². The summed E-state index contributed by atoms with van der Waals surface area (Å²) in [7, 11) is 1.45. The van der Waals surface area contributed by atoms with E-state index in [1.165, 1.54) is 18.7 Å². The van der Waals surface area contributed by atoms with Crippen LogP contribution in [0.3, 0.4) is 0 Å². The van der Waals surface area contributed by atoms with Crippen LogP contribution in [0.2, 0.25) is 0 Å². The van der Waals surface area contributed by atoms with Crippen LogP contribution in [0, 0.1) is 5.82 Å². The van der Waals surface area contributed by atoms with Crippen LogP contribution in [0.5, 0.6) is 5.75 Å². The lowest BCUT2D eigenvalue weighted by Crippen LogP contribution is -2.29. The van der Waals surface area contributed by atoms with Crippen molar-refractivity contribution >= 4 is 0 Å². The Morgan fingerprint density at radius 2 is 2.00 bits per heavy atom. The molecule has 0 spiro atoms. The molecule has 0 aliphatic rings. The van der Waals surface area contributed by atoms with Gasteiger partial charge in [0.2, 0.25) is 0 Å². The van der Waals surface area contributed by atoms with Gasteiger partial charge in [0.15, 0.2) is 11.6 Å². The highest BCUT2D eigenvalue weighted by Gasteiger charge is 2.17. The van der Waals surface area contributed by atoms with Crippen molar-refractivity contribution in [3.63, 3.8) is 0 Å². The van der Waals surface area contributed by atoms with Gasteiger partial charge < -0.3 is 4.74 Å². The molecule has 0 saturated heterocycles. The van der Waals surface area contributed by atoms with E-state index in [1.54, 1.807) is 6.07 Å². The summed E-state index contributed by atoms with van der Waals surface area (Å²) in [6.45, 7) is 2.08. The maximum absolute atomic E-state index is 13.9. The molecule has 20 heavy (non-hydrogen) atoms. The minimum Gasteiger partial charge on any atom is -0.494 e. The first kappa shape index (κ1) is 14.5. The van der Waals surface area contributed by atoms with E-state index in [0.29, 0.717) is 0 Å². The van der Waals surface area contributed by atoms with Gasteiger partial charge in [0.1, 0.15) is 0 Å². The van der Waals surface area contributed by atoms with E-state index in [0.717, 1.165) is 17.5 Å². The predicted molar refractivity (Wildman–Crippen MR) is 77.9 cm³/mol. The molecule has 0 fully saturated rings.